The van der Waals surface area contributed by atoms with Gasteiger partial charge in [0.05, 0.1) is 25.8 Å². The van der Waals surface area contributed by atoms with Gasteiger partial charge in [-0.05, 0) is 24.1 Å². The molecule has 2 aliphatic rings. The molecule has 5 nitrogen and oxygen atoms in total. The van der Waals surface area contributed by atoms with Gasteiger partial charge in [-0.1, -0.05) is 12.1 Å². The molecule has 132 valence electrons. The van der Waals surface area contributed by atoms with E-state index in [0.717, 1.165) is 29.9 Å². The van der Waals surface area contributed by atoms with Crippen molar-refractivity contribution in [1.29, 1.82) is 0 Å². The minimum atomic E-state index is -2.80. The molecule has 3 rings (SSSR count). The Bertz CT molecular complexity index is 603. The number of benzene rings is 1. The van der Waals surface area contributed by atoms with Gasteiger partial charge in [0.15, 0.2) is 0 Å². The quantitative estimate of drug-likeness (QED) is 0.872. The van der Waals surface area contributed by atoms with E-state index >= 15 is 0 Å². The van der Waals surface area contributed by atoms with Gasteiger partial charge in [-0.15, -0.1) is 0 Å². The third-order valence-electron chi connectivity index (χ3n) is 4.47. The Labute approximate surface area is 140 Å². The highest BCUT2D eigenvalue weighted by molar-refractivity contribution is 5.82. The number of carbonyl (C=O) groups is 1. The first-order chi connectivity index (χ1) is 11.4. The minimum absolute atomic E-state index is 0.329. The first kappa shape index (κ1) is 17.1. The molecule has 1 aromatic rings. The van der Waals surface area contributed by atoms with Crippen LogP contribution in [0.15, 0.2) is 18.2 Å². The summed E-state index contributed by atoms with van der Waals surface area (Å²) in [4.78, 5) is 14.4. The summed E-state index contributed by atoms with van der Waals surface area (Å²) in [5.41, 5.74) is 3.20. The molecule has 1 aromatic carbocycles. The number of nitrogens with one attached hydrogen (secondary N) is 2. The van der Waals surface area contributed by atoms with Crippen LogP contribution in [0.4, 0.5) is 14.5 Å². The number of halogens is 2. The Kier molecular flexibility index (Phi) is 5.01. The normalized spacial score (nSPS) is 23.3. The van der Waals surface area contributed by atoms with Crippen LogP contribution in [0.25, 0.3) is 0 Å². The van der Waals surface area contributed by atoms with Crippen LogP contribution in [0, 0.1) is 6.92 Å². The van der Waals surface area contributed by atoms with E-state index < -0.39 is 24.9 Å². The lowest BCUT2D eigenvalue weighted by molar-refractivity contribution is -0.123. The number of ether oxygens (including phenoxy) is 1. The number of alkyl halides is 2. The van der Waals surface area contributed by atoms with Crippen molar-refractivity contribution in [2.24, 2.45) is 0 Å². The molecule has 2 heterocycles. The van der Waals surface area contributed by atoms with Gasteiger partial charge in [0.2, 0.25) is 5.91 Å². The summed E-state index contributed by atoms with van der Waals surface area (Å²) in [5.74, 6) is -3.18. The second kappa shape index (κ2) is 7.03. The summed E-state index contributed by atoms with van der Waals surface area (Å²) in [5, 5.41) is 5.37. The summed E-state index contributed by atoms with van der Waals surface area (Å²) in [6.07, 6.45) is -0.441. The molecule has 1 unspecified atom stereocenters. The minimum Gasteiger partial charge on any atom is -0.378 e. The Hall–Kier alpha value is -1.73. The number of nitrogens with zero attached hydrogens (tertiary/aromatic N) is 1. The SMILES string of the molecule is Cc1ccc(CNC(=O)C2CC(F)(F)CN2)c(N2CCOCC2)c1. The lowest BCUT2D eigenvalue weighted by Crippen LogP contribution is -2.41. The molecule has 0 bridgehead atoms. The average Bonchev–Trinajstić information content (AvgIpc) is 2.94. The molecule has 2 aliphatic heterocycles. The van der Waals surface area contributed by atoms with Crippen LogP contribution in [0.5, 0.6) is 0 Å². The molecule has 1 atom stereocenters. The van der Waals surface area contributed by atoms with Crippen LogP contribution in [0.2, 0.25) is 0 Å². The molecular weight excluding hydrogens is 316 g/mol. The molecule has 7 heteroatoms. The highest BCUT2D eigenvalue weighted by atomic mass is 19.3. The van der Waals surface area contributed by atoms with E-state index in [1.54, 1.807) is 0 Å². The van der Waals surface area contributed by atoms with Crippen LogP contribution in [-0.2, 0) is 16.1 Å². The van der Waals surface area contributed by atoms with Crippen LogP contribution in [-0.4, -0.2) is 50.7 Å². The van der Waals surface area contributed by atoms with Crippen molar-refractivity contribution < 1.29 is 18.3 Å². The fraction of sp³-hybridized carbons (Fsp3) is 0.588. The topological polar surface area (TPSA) is 53.6 Å². The zero-order valence-electron chi connectivity index (χ0n) is 13.8. The van der Waals surface area contributed by atoms with Crippen molar-refractivity contribution in [3.8, 4) is 0 Å². The van der Waals surface area contributed by atoms with Crippen LogP contribution < -0.4 is 15.5 Å². The van der Waals surface area contributed by atoms with Crippen LogP contribution >= 0.6 is 0 Å². The van der Waals surface area contributed by atoms with Crippen molar-refractivity contribution in [2.45, 2.75) is 31.9 Å². The number of aryl methyl sites for hydroxylation is 1. The van der Waals surface area contributed by atoms with Crippen molar-refractivity contribution >= 4 is 11.6 Å². The first-order valence-electron chi connectivity index (χ1n) is 8.26. The summed E-state index contributed by atoms with van der Waals surface area (Å²) in [6.45, 7) is 4.89. The van der Waals surface area contributed by atoms with Gasteiger partial charge in [-0.2, -0.15) is 0 Å². The maximum absolute atomic E-state index is 13.2. The average molecular weight is 339 g/mol. The van der Waals surface area contributed by atoms with Crippen molar-refractivity contribution in [2.75, 3.05) is 37.7 Å². The molecule has 0 radical (unpaired) electrons. The molecule has 0 aliphatic carbocycles. The molecule has 1 amide bonds. The van der Waals surface area contributed by atoms with Gasteiger partial charge in [0.1, 0.15) is 0 Å². The van der Waals surface area contributed by atoms with Crippen molar-refractivity contribution in [1.82, 2.24) is 10.6 Å². The molecule has 2 N–H and O–H groups in total. The Morgan fingerprint density at radius 3 is 2.83 bits per heavy atom. The second-order valence-corrected chi connectivity index (χ2v) is 6.44. The summed E-state index contributed by atoms with van der Waals surface area (Å²) >= 11 is 0. The second-order valence-electron chi connectivity index (χ2n) is 6.44. The zero-order valence-corrected chi connectivity index (χ0v) is 13.8. The predicted molar refractivity (Wildman–Crippen MR) is 87.4 cm³/mol. The maximum atomic E-state index is 13.2. The van der Waals surface area contributed by atoms with E-state index in [-0.39, 0.29) is 5.91 Å². The molecule has 2 saturated heterocycles. The van der Waals surface area contributed by atoms with E-state index in [9.17, 15) is 13.6 Å². The largest absolute Gasteiger partial charge is 0.378 e. The fourth-order valence-electron chi connectivity index (χ4n) is 3.13. The predicted octanol–water partition coefficient (Wildman–Crippen LogP) is 1.45. The summed E-state index contributed by atoms with van der Waals surface area (Å²) < 4.78 is 31.8. The fourth-order valence-corrected chi connectivity index (χ4v) is 3.13. The van der Waals surface area contributed by atoms with Gasteiger partial charge in [0.25, 0.3) is 5.92 Å². The first-order valence-corrected chi connectivity index (χ1v) is 8.26. The molecule has 2 fully saturated rings. The van der Waals surface area contributed by atoms with Gasteiger partial charge >= 0.3 is 0 Å². The lowest BCUT2D eigenvalue weighted by Gasteiger charge is -2.31. The number of morpholine rings is 1. The number of hydrogen-bond donors (Lipinski definition) is 2. The van der Waals surface area contributed by atoms with Gasteiger partial charge < -0.3 is 15.0 Å². The number of amides is 1. The number of carbonyl (C=O) groups excluding carboxylic acids is 1. The van der Waals surface area contributed by atoms with Gasteiger partial charge in [-0.25, -0.2) is 8.78 Å². The highest BCUT2D eigenvalue weighted by Gasteiger charge is 2.42. The number of anilines is 1. The van der Waals surface area contributed by atoms with Gasteiger partial charge in [-0.3, -0.25) is 10.1 Å². The van der Waals surface area contributed by atoms with Crippen LogP contribution in [0.1, 0.15) is 17.5 Å². The van der Waals surface area contributed by atoms with Crippen LogP contribution in [0.3, 0.4) is 0 Å². The summed E-state index contributed by atoms with van der Waals surface area (Å²) in [6, 6.07) is 5.25. The standard InChI is InChI=1S/C17H23F2N3O2/c1-12-2-3-13(15(8-12)22-4-6-24-7-5-22)10-20-16(23)14-9-17(18,19)11-21-14/h2-3,8,14,21H,4-7,9-11H2,1H3,(H,20,23). The van der Waals surface area contributed by atoms with E-state index in [1.165, 1.54) is 0 Å². The van der Waals surface area contributed by atoms with Gasteiger partial charge in [0, 0.05) is 31.7 Å². The zero-order chi connectivity index (χ0) is 17.2. The monoisotopic (exact) mass is 339 g/mol. The molecule has 0 aromatic heterocycles. The van der Waals surface area contributed by atoms with E-state index in [0.29, 0.717) is 19.8 Å². The maximum Gasteiger partial charge on any atom is 0.262 e. The smallest absolute Gasteiger partial charge is 0.262 e. The molecule has 0 spiro atoms. The third kappa shape index (κ3) is 4.02. The summed E-state index contributed by atoms with van der Waals surface area (Å²) in [7, 11) is 0. The Balaban J connectivity index is 1.65. The molecule has 24 heavy (non-hydrogen) atoms. The van der Waals surface area contributed by atoms with E-state index in [1.807, 2.05) is 19.1 Å². The van der Waals surface area contributed by atoms with E-state index in [2.05, 4.69) is 21.6 Å². The molecule has 0 saturated carbocycles. The van der Waals surface area contributed by atoms with E-state index in [4.69, 9.17) is 4.74 Å². The van der Waals surface area contributed by atoms with Crippen molar-refractivity contribution in [3.05, 3.63) is 29.3 Å². The Morgan fingerprint density at radius 2 is 2.17 bits per heavy atom. The molecular formula is C17H23F2N3O2. The van der Waals surface area contributed by atoms with Crippen molar-refractivity contribution in [3.63, 3.8) is 0 Å². The highest BCUT2D eigenvalue weighted by Crippen LogP contribution is 2.26. The third-order valence-corrected chi connectivity index (χ3v) is 4.47. The Morgan fingerprint density at radius 1 is 1.42 bits per heavy atom. The number of rotatable bonds is 4. The number of hydrogen-bond acceptors (Lipinski definition) is 4. The lowest BCUT2D eigenvalue weighted by atomic mass is 10.1.